The number of allylic oxidation sites excluding steroid dienone is 2. The predicted octanol–water partition coefficient (Wildman–Crippen LogP) is 11.3. The van der Waals surface area contributed by atoms with Gasteiger partial charge in [-0.15, -0.1) is 0 Å². The summed E-state index contributed by atoms with van der Waals surface area (Å²) in [6, 6.07) is 7.27. The highest BCUT2D eigenvalue weighted by atomic mass is 33.1. The average Bonchev–Trinajstić information content (AvgIpc) is 3.16. The highest BCUT2D eigenvalue weighted by Gasteiger charge is 2.20. The summed E-state index contributed by atoms with van der Waals surface area (Å²) in [4.78, 5) is 30.0. The number of piperidine rings is 2. The lowest BCUT2D eigenvalue weighted by Gasteiger charge is -2.32. The molecule has 2 aliphatic heterocycles. The van der Waals surface area contributed by atoms with Crippen LogP contribution >= 0.6 is 21.6 Å². The molecule has 0 aliphatic carbocycles. The molecule has 2 heterocycles. The van der Waals surface area contributed by atoms with Gasteiger partial charge in [-0.25, -0.2) is 0 Å². The molecule has 0 amide bonds. The molecule has 0 bridgehead atoms. The third-order valence-corrected chi connectivity index (χ3v) is 13.4. The molecule has 1 aromatic rings. The Balaban J connectivity index is 1.10. The highest BCUT2D eigenvalue weighted by molar-refractivity contribution is 8.76. The average molecular weight is 759 g/mol. The highest BCUT2D eigenvalue weighted by Crippen LogP contribution is 2.26. The molecule has 0 spiro atoms. The Morgan fingerprint density at radius 3 is 1.81 bits per heavy atom. The summed E-state index contributed by atoms with van der Waals surface area (Å²) in [5, 5.41) is 0. The molecule has 2 saturated heterocycles. The second-order valence-electron chi connectivity index (χ2n) is 15.3. The van der Waals surface area contributed by atoms with E-state index < -0.39 is 0 Å². The minimum absolute atomic E-state index is 0.183. The summed E-state index contributed by atoms with van der Waals surface area (Å²) in [6.45, 7) is 12.4. The topological polar surface area (TPSA) is 59.1 Å². The summed E-state index contributed by atoms with van der Waals surface area (Å²) in [5.74, 6) is 4.21. The fourth-order valence-corrected chi connectivity index (χ4v) is 9.38. The van der Waals surface area contributed by atoms with E-state index >= 15 is 0 Å². The molecule has 6 nitrogen and oxygen atoms in total. The third kappa shape index (κ3) is 22.0. The van der Waals surface area contributed by atoms with E-state index in [1.54, 1.807) is 12.1 Å². The van der Waals surface area contributed by atoms with Crippen molar-refractivity contribution in [2.75, 3.05) is 57.4 Å². The first-order valence-electron chi connectivity index (χ1n) is 21.3. The minimum Gasteiger partial charge on any atom is -0.465 e. The van der Waals surface area contributed by atoms with Gasteiger partial charge in [0.15, 0.2) is 0 Å². The maximum atomic E-state index is 12.5. The van der Waals surface area contributed by atoms with Crippen LogP contribution in [0.1, 0.15) is 148 Å². The van der Waals surface area contributed by atoms with Crippen molar-refractivity contribution in [2.24, 2.45) is 11.8 Å². The minimum atomic E-state index is -0.189. The number of likely N-dealkylation sites (tertiary alicyclic amines) is 2. The Bertz CT molecular complexity index is 1070. The van der Waals surface area contributed by atoms with E-state index in [0.717, 1.165) is 43.8 Å². The van der Waals surface area contributed by atoms with Gasteiger partial charge in [0.05, 0.1) is 13.0 Å². The van der Waals surface area contributed by atoms with Crippen molar-refractivity contribution in [1.29, 1.82) is 0 Å². The lowest BCUT2D eigenvalue weighted by Crippen LogP contribution is -2.35. The zero-order valence-corrected chi connectivity index (χ0v) is 34.8. The van der Waals surface area contributed by atoms with Crippen molar-refractivity contribution < 1.29 is 19.1 Å². The van der Waals surface area contributed by atoms with Crippen LogP contribution in [0, 0.1) is 11.8 Å². The summed E-state index contributed by atoms with van der Waals surface area (Å²) >= 11 is 0. The van der Waals surface area contributed by atoms with Crippen molar-refractivity contribution >= 4 is 33.5 Å². The van der Waals surface area contributed by atoms with E-state index in [-0.39, 0.29) is 18.4 Å². The van der Waals surface area contributed by atoms with E-state index in [1.807, 2.05) is 33.7 Å². The van der Waals surface area contributed by atoms with Gasteiger partial charge in [0.2, 0.25) is 0 Å². The molecule has 1 aromatic carbocycles. The van der Waals surface area contributed by atoms with Gasteiger partial charge in [-0.1, -0.05) is 118 Å². The fraction of sp³-hybridized carbons (Fsp3) is 0.773. The standard InChI is InChI=1S/C44H74N2O4S2/c1-3-5-6-7-8-9-10-11-12-13-14-15-16-17-18-19-43(47)50-42-22-20-41(21-23-42)38-44(48)49-35-28-40-26-31-46(32-27-40)34-37-52-51-36-33-45-29-24-39(4-2)25-30-45/h11-12,20-23,39-40H,3-10,13-19,24-38H2,1-2H3/b12-11-. The third-order valence-electron chi connectivity index (χ3n) is 11.0. The van der Waals surface area contributed by atoms with Crippen LogP contribution in [0.2, 0.25) is 0 Å². The Hall–Kier alpha value is -1.48. The fourth-order valence-electron chi connectivity index (χ4n) is 7.32. The molecule has 3 rings (SSSR count). The van der Waals surface area contributed by atoms with Crippen molar-refractivity contribution in [1.82, 2.24) is 9.80 Å². The van der Waals surface area contributed by atoms with Gasteiger partial charge >= 0.3 is 11.9 Å². The van der Waals surface area contributed by atoms with Crippen molar-refractivity contribution in [3.8, 4) is 5.75 Å². The SMILES string of the molecule is CCCCCCCC/C=C\CCCCCCCC(=O)Oc1ccc(CC(=O)OCCC2CCN(CCSSCCN3CCC(CC)CC3)CC2)cc1. The van der Waals surface area contributed by atoms with Gasteiger partial charge in [0.25, 0.3) is 0 Å². The van der Waals surface area contributed by atoms with Gasteiger partial charge in [0, 0.05) is 31.0 Å². The second-order valence-corrected chi connectivity index (χ2v) is 18.0. The van der Waals surface area contributed by atoms with Crippen molar-refractivity contribution in [3.05, 3.63) is 42.0 Å². The number of nitrogens with zero attached hydrogens (tertiary/aromatic N) is 2. The number of rotatable bonds is 29. The predicted molar refractivity (Wildman–Crippen MR) is 224 cm³/mol. The molecule has 2 aliphatic rings. The summed E-state index contributed by atoms with van der Waals surface area (Å²) in [5.41, 5.74) is 0.878. The molecule has 296 valence electrons. The number of hydrogen-bond donors (Lipinski definition) is 0. The van der Waals surface area contributed by atoms with E-state index in [4.69, 9.17) is 9.47 Å². The van der Waals surface area contributed by atoms with Crippen LogP contribution in [-0.4, -0.2) is 79.1 Å². The normalized spacial score (nSPS) is 16.5. The van der Waals surface area contributed by atoms with Gasteiger partial charge in [-0.2, -0.15) is 0 Å². The Morgan fingerprint density at radius 2 is 1.23 bits per heavy atom. The van der Waals surface area contributed by atoms with Crippen LogP contribution in [0.15, 0.2) is 36.4 Å². The number of esters is 2. The van der Waals surface area contributed by atoms with E-state index in [2.05, 4.69) is 35.8 Å². The quantitative estimate of drug-likeness (QED) is 0.0263. The second kappa shape index (κ2) is 29.8. The molecular weight excluding hydrogens is 685 g/mol. The zero-order valence-electron chi connectivity index (χ0n) is 33.2. The van der Waals surface area contributed by atoms with Crippen LogP contribution in [0.4, 0.5) is 0 Å². The van der Waals surface area contributed by atoms with Gasteiger partial charge in [-0.05, 0) is 120 Å². The van der Waals surface area contributed by atoms with E-state index in [0.29, 0.717) is 24.7 Å². The number of carbonyl (C=O) groups is 2. The smallest absolute Gasteiger partial charge is 0.311 e. The lowest BCUT2D eigenvalue weighted by atomic mass is 9.94. The molecule has 0 unspecified atom stereocenters. The van der Waals surface area contributed by atoms with Gasteiger partial charge < -0.3 is 19.3 Å². The maximum absolute atomic E-state index is 12.5. The largest absolute Gasteiger partial charge is 0.465 e. The molecule has 0 saturated carbocycles. The first-order valence-corrected chi connectivity index (χ1v) is 23.8. The monoisotopic (exact) mass is 759 g/mol. The summed E-state index contributed by atoms with van der Waals surface area (Å²) in [6.07, 6.45) is 29.0. The molecule has 0 aromatic heterocycles. The Morgan fingerprint density at radius 1 is 0.692 bits per heavy atom. The van der Waals surface area contributed by atoms with Crippen molar-refractivity contribution in [3.63, 3.8) is 0 Å². The number of carbonyl (C=O) groups excluding carboxylic acids is 2. The maximum Gasteiger partial charge on any atom is 0.311 e. The van der Waals surface area contributed by atoms with Crippen LogP contribution in [-0.2, 0) is 20.7 Å². The molecule has 52 heavy (non-hydrogen) atoms. The molecule has 2 fully saturated rings. The first kappa shape index (κ1) is 44.9. The van der Waals surface area contributed by atoms with Crippen LogP contribution < -0.4 is 4.74 Å². The Labute approximate surface area is 326 Å². The molecule has 0 radical (unpaired) electrons. The zero-order chi connectivity index (χ0) is 36.9. The van der Waals surface area contributed by atoms with E-state index in [9.17, 15) is 9.59 Å². The molecule has 0 N–H and O–H groups in total. The number of ether oxygens (including phenoxy) is 2. The molecule has 0 atom stereocenters. The molecule has 8 heteroatoms. The number of unbranched alkanes of at least 4 members (excludes halogenated alkanes) is 11. The van der Waals surface area contributed by atoms with Crippen LogP contribution in [0.5, 0.6) is 5.75 Å². The van der Waals surface area contributed by atoms with Gasteiger partial charge in [-0.3, -0.25) is 9.59 Å². The van der Waals surface area contributed by atoms with Gasteiger partial charge in [0.1, 0.15) is 5.75 Å². The Kier molecular flexibility index (Phi) is 25.8. The first-order chi connectivity index (χ1) is 25.6. The van der Waals surface area contributed by atoms with Crippen LogP contribution in [0.3, 0.4) is 0 Å². The lowest BCUT2D eigenvalue weighted by molar-refractivity contribution is -0.143. The summed E-state index contributed by atoms with van der Waals surface area (Å²) < 4.78 is 11.1. The van der Waals surface area contributed by atoms with Crippen LogP contribution in [0.25, 0.3) is 0 Å². The van der Waals surface area contributed by atoms with E-state index in [1.165, 1.54) is 140 Å². The number of benzene rings is 1. The number of hydrogen-bond acceptors (Lipinski definition) is 8. The summed E-state index contributed by atoms with van der Waals surface area (Å²) in [7, 11) is 4.08. The molecular formula is C44H74N2O4S2. The van der Waals surface area contributed by atoms with Crippen molar-refractivity contribution in [2.45, 2.75) is 149 Å².